The number of carbonyl (C=O) groups is 1. The normalized spacial score (nSPS) is 10.5. The third-order valence-corrected chi connectivity index (χ3v) is 4.67. The number of benzene rings is 2. The van der Waals surface area contributed by atoms with Gasteiger partial charge >= 0.3 is 0 Å². The number of hydrogen-bond acceptors (Lipinski definition) is 5. The van der Waals surface area contributed by atoms with Gasteiger partial charge in [-0.3, -0.25) is 4.79 Å². The van der Waals surface area contributed by atoms with Crippen LogP contribution in [0, 0.1) is 0 Å². The molecule has 1 amide bonds. The van der Waals surface area contributed by atoms with Gasteiger partial charge in [0, 0.05) is 5.56 Å². The summed E-state index contributed by atoms with van der Waals surface area (Å²) in [6.07, 6.45) is 1.56. The molecule has 0 unspecified atom stereocenters. The summed E-state index contributed by atoms with van der Waals surface area (Å²) in [7, 11) is 0. The van der Waals surface area contributed by atoms with E-state index in [1.807, 2.05) is 47.8 Å². The number of oxazole rings is 1. The Kier molecular flexibility index (Phi) is 4.98. The topological polar surface area (TPSA) is 64.4 Å². The first-order valence-electron chi connectivity index (χ1n) is 8.37. The fourth-order valence-corrected chi connectivity index (χ4v) is 3.13. The van der Waals surface area contributed by atoms with Crippen molar-refractivity contribution in [1.82, 2.24) is 10.3 Å². The Hall–Kier alpha value is -3.38. The van der Waals surface area contributed by atoms with Gasteiger partial charge in [0.05, 0.1) is 17.1 Å². The summed E-state index contributed by atoms with van der Waals surface area (Å²) in [4.78, 5) is 17.7. The molecule has 0 saturated carbocycles. The Balaban J connectivity index is 1.34. The van der Waals surface area contributed by atoms with Gasteiger partial charge in [-0.25, -0.2) is 4.98 Å². The van der Waals surface area contributed by atoms with Gasteiger partial charge in [-0.1, -0.05) is 24.3 Å². The van der Waals surface area contributed by atoms with Gasteiger partial charge in [0.1, 0.15) is 17.8 Å². The van der Waals surface area contributed by atoms with Gasteiger partial charge in [0.25, 0.3) is 5.91 Å². The third kappa shape index (κ3) is 4.24. The summed E-state index contributed by atoms with van der Waals surface area (Å²) in [5.41, 5.74) is 1.23. The van der Waals surface area contributed by atoms with E-state index in [-0.39, 0.29) is 5.91 Å². The molecule has 0 aliphatic carbocycles. The van der Waals surface area contributed by atoms with Gasteiger partial charge in [-0.05, 0) is 47.8 Å². The molecule has 0 aliphatic heterocycles. The highest BCUT2D eigenvalue weighted by atomic mass is 32.1. The second kappa shape index (κ2) is 7.88. The van der Waals surface area contributed by atoms with Crippen molar-refractivity contribution in [3.63, 3.8) is 0 Å². The van der Waals surface area contributed by atoms with E-state index < -0.39 is 0 Å². The van der Waals surface area contributed by atoms with Gasteiger partial charge in [-0.15, -0.1) is 11.3 Å². The van der Waals surface area contributed by atoms with Crippen LogP contribution in [0.4, 0.5) is 0 Å². The zero-order chi connectivity index (χ0) is 18.5. The molecular weight excluding hydrogens is 360 g/mol. The Morgan fingerprint density at radius 3 is 2.52 bits per heavy atom. The van der Waals surface area contributed by atoms with Crippen molar-refractivity contribution in [3.05, 3.63) is 89.6 Å². The van der Waals surface area contributed by atoms with Gasteiger partial charge in [0.2, 0.25) is 5.89 Å². The summed E-state index contributed by atoms with van der Waals surface area (Å²) in [5, 5.41) is 4.81. The van der Waals surface area contributed by atoms with Crippen molar-refractivity contribution < 1.29 is 13.9 Å². The van der Waals surface area contributed by atoms with Crippen LogP contribution in [0.1, 0.15) is 16.1 Å². The van der Waals surface area contributed by atoms with Crippen LogP contribution in [0.3, 0.4) is 0 Å². The van der Waals surface area contributed by atoms with Crippen LogP contribution in [0.15, 0.2) is 82.8 Å². The fraction of sp³-hybridized carbons (Fsp3) is 0.0476. The predicted octanol–water partition coefficient (Wildman–Crippen LogP) is 5.13. The van der Waals surface area contributed by atoms with Crippen molar-refractivity contribution in [2.24, 2.45) is 0 Å². The molecule has 6 heteroatoms. The monoisotopic (exact) mass is 376 g/mol. The van der Waals surface area contributed by atoms with Crippen molar-refractivity contribution in [1.29, 1.82) is 0 Å². The Morgan fingerprint density at radius 1 is 1.00 bits per heavy atom. The molecule has 134 valence electrons. The Morgan fingerprint density at radius 2 is 1.78 bits per heavy atom. The summed E-state index contributed by atoms with van der Waals surface area (Å²) >= 11 is 1.56. The molecule has 0 radical (unpaired) electrons. The Labute approximate surface area is 160 Å². The van der Waals surface area contributed by atoms with Crippen LogP contribution in [0.25, 0.3) is 10.8 Å². The number of aromatic nitrogens is 1. The molecule has 0 aliphatic rings. The van der Waals surface area contributed by atoms with E-state index in [0.29, 0.717) is 29.4 Å². The lowest BCUT2D eigenvalue weighted by molar-refractivity contribution is 0.0950. The van der Waals surface area contributed by atoms with Crippen LogP contribution < -0.4 is 10.1 Å². The van der Waals surface area contributed by atoms with E-state index in [1.54, 1.807) is 41.9 Å². The fourth-order valence-electron chi connectivity index (χ4n) is 2.47. The van der Waals surface area contributed by atoms with Gasteiger partial charge < -0.3 is 14.5 Å². The molecule has 0 fully saturated rings. The first-order valence-corrected chi connectivity index (χ1v) is 9.25. The summed E-state index contributed by atoms with van der Waals surface area (Å²) in [6.45, 7) is 0.302. The standard InChI is InChI=1S/C21H16N2O3S/c24-20(22-13-16-14-25-21(23-16)19-7-4-12-27-19)15-8-10-18(11-9-15)26-17-5-2-1-3-6-17/h1-12,14H,13H2,(H,22,24). The molecule has 2 aromatic heterocycles. The molecule has 4 aromatic rings. The van der Waals surface area contributed by atoms with Crippen molar-refractivity contribution in [2.45, 2.75) is 6.54 Å². The number of ether oxygens (including phenoxy) is 1. The summed E-state index contributed by atoms with van der Waals surface area (Å²) in [6, 6.07) is 20.4. The average molecular weight is 376 g/mol. The van der Waals surface area contributed by atoms with E-state index in [0.717, 1.165) is 10.6 Å². The van der Waals surface area contributed by atoms with Crippen LogP contribution in [-0.4, -0.2) is 10.9 Å². The van der Waals surface area contributed by atoms with E-state index in [2.05, 4.69) is 10.3 Å². The van der Waals surface area contributed by atoms with Crippen LogP contribution in [-0.2, 0) is 6.54 Å². The van der Waals surface area contributed by atoms with Crippen molar-refractivity contribution >= 4 is 17.2 Å². The molecule has 0 saturated heterocycles. The zero-order valence-electron chi connectivity index (χ0n) is 14.3. The van der Waals surface area contributed by atoms with Gasteiger partial charge in [-0.2, -0.15) is 0 Å². The van der Waals surface area contributed by atoms with Crippen molar-refractivity contribution in [3.8, 4) is 22.3 Å². The quantitative estimate of drug-likeness (QED) is 0.507. The van der Waals surface area contributed by atoms with E-state index >= 15 is 0 Å². The van der Waals surface area contributed by atoms with Crippen molar-refractivity contribution in [2.75, 3.05) is 0 Å². The second-order valence-corrected chi connectivity index (χ2v) is 6.69. The van der Waals surface area contributed by atoms with E-state index in [1.165, 1.54) is 0 Å². The number of nitrogens with zero attached hydrogens (tertiary/aromatic N) is 1. The molecule has 0 spiro atoms. The minimum atomic E-state index is -0.179. The number of rotatable bonds is 6. The minimum Gasteiger partial charge on any atom is -0.457 e. The molecule has 1 N–H and O–H groups in total. The average Bonchev–Trinajstić information content (AvgIpc) is 3.39. The maximum Gasteiger partial charge on any atom is 0.251 e. The SMILES string of the molecule is O=C(NCc1coc(-c2cccs2)n1)c1ccc(Oc2ccccc2)cc1. The highest BCUT2D eigenvalue weighted by Crippen LogP contribution is 2.24. The number of thiophene rings is 1. The second-order valence-electron chi connectivity index (χ2n) is 5.74. The largest absolute Gasteiger partial charge is 0.457 e. The first-order chi connectivity index (χ1) is 13.3. The molecule has 0 atom stereocenters. The van der Waals surface area contributed by atoms with E-state index in [4.69, 9.17) is 9.15 Å². The molecule has 2 heterocycles. The molecular formula is C21H16N2O3S. The molecule has 4 rings (SSSR count). The predicted molar refractivity (Wildman–Crippen MR) is 104 cm³/mol. The maximum absolute atomic E-state index is 12.3. The number of nitrogens with one attached hydrogen (secondary N) is 1. The molecule has 5 nitrogen and oxygen atoms in total. The van der Waals surface area contributed by atoms with Crippen LogP contribution >= 0.6 is 11.3 Å². The molecule has 2 aromatic carbocycles. The summed E-state index contributed by atoms with van der Waals surface area (Å²) < 4.78 is 11.2. The number of hydrogen-bond donors (Lipinski definition) is 1. The molecule has 27 heavy (non-hydrogen) atoms. The van der Waals surface area contributed by atoms with Gasteiger partial charge in [0.15, 0.2) is 0 Å². The number of carbonyl (C=O) groups excluding carboxylic acids is 1. The molecule has 0 bridgehead atoms. The highest BCUT2D eigenvalue weighted by Gasteiger charge is 2.10. The smallest absolute Gasteiger partial charge is 0.251 e. The lowest BCUT2D eigenvalue weighted by Crippen LogP contribution is -2.22. The van der Waals surface area contributed by atoms with Crippen LogP contribution in [0.5, 0.6) is 11.5 Å². The first kappa shape index (κ1) is 17.1. The lowest BCUT2D eigenvalue weighted by Gasteiger charge is -2.07. The number of amides is 1. The van der Waals surface area contributed by atoms with E-state index in [9.17, 15) is 4.79 Å². The van der Waals surface area contributed by atoms with Crippen LogP contribution in [0.2, 0.25) is 0 Å². The Bertz CT molecular complexity index is 1010. The lowest BCUT2D eigenvalue weighted by atomic mass is 10.2. The highest BCUT2D eigenvalue weighted by molar-refractivity contribution is 7.13. The minimum absolute atomic E-state index is 0.179. The maximum atomic E-state index is 12.3. The summed E-state index contributed by atoms with van der Waals surface area (Å²) in [5.74, 6) is 1.82. The number of para-hydroxylation sites is 1. The third-order valence-electron chi connectivity index (χ3n) is 3.81. The zero-order valence-corrected chi connectivity index (χ0v) is 15.1.